The van der Waals surface area contributed by atoms with Crippen LogP contribution in [0.1, 0.15) is 17.0 Å². The molecular weight excluding hydrogens is 390 g/mol. The summed E-state index contributed by atoms with van der Waals surface area (Å²) in [5.74, 6) is 0.596. The van der Waals surface area contributed by atoms with E-state index in [-0.39, 0.29) is 18.3 Å². The predicted octanol–water partition coefficient (Wildman–Crippen LogP) is 5.21. The Bertz CT molecular complexity index is 1210. The molecule has 1 aromatic heterocycles. The van der Waals surface area contributed by atoms with Crippen molar-refractivity contribution in [2.75, 3.05) is 11.9 Å². The highest BCUT2D eigenvalue weighted by atomic mass is 16.5. The van der Waals surface area contributed by atoms with E-state index >= 15 is 0 Å². The summed E-state index contributed by atoms with van der Waals surface area (Å²) in [4.78, 5) is 20.9. The first kappa shape index (κ1) is 18.8. The van der Waals surface area contributed by atoms with Crippen molar-refractivity contribution >= 4 is 11.8 Å². The van der Waals surface area contributed by atoms with Crippen molar-refractivity contribution in [2.24, 2.45) is 0 Å². The van der Waals surface area contributed by atoms with Crippen molar-refractivity contribution in [3.63, 3.8) is 0 Å². The van der Waals surface area contributed by atoms with Crippen LogP contribution < -0.4 is 5.32 Å². The van der Waals surface area contributed by atoms with Gasteiger partial charge in [0.2, 0.25) is 0 Å². The van der Waals surface area contributed by atoms with Gasteiger partial charge in [-0.3, -0.25) is 5.32 Å². The van der Waals surface area contributed by atoms with Crippen molar-refractivity contribution in [3.05, 3.63) is 96.3 Å². The molecule has 0 spiro atoms. The zero-order valence-corrected chi connectivity index (χ0v) is 16.5. The van der Waals surface area contributed by atoms with E-state index in [0.717, 1.165) is 11.1 Å². The van der Waals surface area contributed by atoms with Gasteiger partial charge in [0.25, 0.3) is 0 Å². The summed E-state index contributed by atoms with van der Waals surface area (Å²) in [6, 6.07) is 23.1. The minimum Gasteiger partial charge on any atom is -0.508 e. The van der Waals surface area contributed by atoms with Crippen LogP contribution in [0.15, 0.2) is 85.2 Å². The van der Waals surface area contributed by atoms with Crippen LogP contribution in [-0.4, -0.2) is 27.8 Å². The first-order chi connectivity index (χ1) is 15.2. The van der Waals surface area contributed by atoms with Crippen LogP contribution in [0.25, 0.3) is 22.5 Å². The van der Waals surface area contributed by atoms with E-state index < -0.39 is 6.09 Å². The van der Waals surface area contributed by atoms with E-state index in [1.165, 1.54) is 23.5 Å². The van der Waals surface area contributed by atoms with Crippen LogP contribution in [0.4, 0.5) is 10.5 Å². The molecule has 3 aromatic carbocycles. The zero-order valence-electron chi connectivity index (χ0n) is 16.5. The molecule has 0 saturated carbocycles. The Kier molecular flexibility index (Phi) is 4.80. The van der Waals surface area contributed by atoms with Gasteiger partial charge in [0.1, 0.15) is 12.4 Å². The average molecular weight is 409 g/mol. The van der Waals surface area contributed by atoms with E-state index in [0.29, 0.717) is 17.1 Å². The molecule has 5 rings (SSSR count). The number of aromatic nitrogens is 2. The third kappa shape index (κ3) is 3.71. The number of phenolic OH excluding ortho intramolecular Hbond substituents is 1. The molecule has 0 saturated heterocycles. The molecule has 1 amide bonds. The number of carbonyl (C=O) groups excluding carboxylic acids is 1. The van der Waals surface area contributed by atoms with Crippen molar-refractivity contribution in [1.29, 1.82) is 0 Å². The monoisotopic (exact) mass is 409 g/mol. The molecule has 0 fully saturated rings. The first-order valence-electron chi connectivity index (χ1n) is 9.92. The van der Waals surface area contributed by atoms with Crippen molar-refractivity contribution in [3.8, 4) is 28.3 Å². The summed E-state index contributed by atoms with van der Waals surface area (Å²) in [7, 11) is 0. The number of amides is 1. The number of hydrogen-bond acceptors (Lipinski definition) is 5. The fourth-order valence-corrected chi connectivity index (χ4v) is 3.94. The van der Waals surface area contributed by atoms with Gasteiger partial charge in [-0.2, -0.15) is 0 Å². The van der Waals surface area contributed by atoms with E-state index in [9.17, 15) is 9.90 Å². The number of fused-ring (bicyclic) bond motifs is 3. The number of nitrogens with zero attached hydrogens (tertiary/aromatic N) is 2. The fourth-order valence-electron chi connectivity index (χ4n) is 3.94. The lowest BCUT2D eigenvalue weighted by Crippen LogP contribution is -2.18. The van der Waals surface area contributed by atoms with Gasteiger partial charge in [0.05, 0.1) is 18.1 Å². The van der Waals surface area contributed by atoms with Crippen molar-refractivity contribution in [2.45, 2.75) is 5.92 Å². The maximum absolute atomic E-state index is 12.4. The normalized spacial score (nSPS) is 12.1. The second-order valence-electron chi connectivity index (χ2n) is 7.30. The number of anilines is 1. The molecular formula is C25H19N3O3. The molecule has 0 aliphatic heterocycles. The molecule has 6 nitrogen and oxygen atoms in total. The maximum atomic E-state index is 12.4. The third-order valence-corrected chi connectivity index (χ3v) is 5.35. The second-order valence-corrected chi connectivity index (χ2v) is 7.30. The molecule has 1 aliphatic rings. The quantitative estimate of drug-likeness (QED) is 0.483. The number of carbonyl (C=O) groups is 1. The predicted molar refractivity (Wildman–Crippen MR) is 118 cm³/mol. The summed E-state index contributed by atoms with van der Waals surface area (Å²) in [6.45, 7) is 0.238. The highest BCUT2D eigenvalue weighted by molar-refractivity contribution is 5.84. The van der Waals surface area contributed by atoms with Gasteiger partial charge in [-0.05, 0) is 34.4 Å². The number of benzene rings is 3. The van der Waals surface area contributed by atoms with Gasteiger partial charge < -0.3 is 9.84 Å². The van der Waals surface area contributed by atoms with Gasteiger partial charge in [0.15, 0.2) is 5.82 Å². The number of nitrogens with one attached hydrogen (secondary N) is 1. The van der Waals surface area contributed by atoms with Crippen LogP contribution in [-0.2, 0) is 4.74 Å². The van der Waals surface area contributed by atoms with Crippen molar-refractivity contribution < 1.29 is 14.6 Å². The molecule has 2 N–H and O–H groups in total. The fraction of sp³-hybridized carbons (Fsp3) is 0.0800. The minimum atomic E-state index is -0.560. The molecule has 152 valence electrons. The summed E-state index contributed by atoms with van der Waals surface area (Å²) in [6.07, 6.45) is 2.46. The van der Waals surface area contributed by atoms with Crippen molar-refractivity contribution in [1.82, 2.24) is 9.97 Å². The molecule has 0 unspecified atom stereocenters. The number of hydrogen-bond donors (Lipinski definition) is 2. The summed E-state index contributed by atoms with van der Waals surface area (Å²) in [5, 5.41) is 12.3. The Labute approximate surface area is 179 Å². The molecule has 31 heavy (non-hydrogen) atoms. The Morgan fingerprint density at radius 2 is 1.55 bits per heavy atom. The Balaban J connectivity index is 1.26. The van der Waals surface area contributed by atoms with Crippen LogP contribution in [0.3, 0.4) is 0 Å². The van der Waals surface area contributed by atoms with Gasteiger partial charge in [0, 0.05) is 11.5 Å². The zero-order chi connectivity index (χ0) is 21.2. The average Bonchev–Trinajstić information content (AvgIpc) is 3.12. The largest absolute Gasteiger partial charge is 0.508 e. The second kappa shape index (κ2) is 7.91. The number of rotatable bonds is 4. The SMILES string of the molecule is O=C(Nc1cnc(-c2cccc(O)c2)nc1)OCC1c2ccccc2-c2ccccc21. The third-order valence-electron chi connectivity index (χ3n) is 5.35. The Hall–Kier alpha value is -4.19. The van der Waals surface area contributed by atoms with Crippen LogP contribution in [0.5, 0.6) is 5.75 Å². The van der Waals surface area contributed by atoms with Gasteiger partial charge >= 0.3 is 6.09 Å². The summed E-state index contributed by atoms with van der Waals surface area (Å²) < 4.78 is 5.54. The van der Waals surface area contributed by atoms with Gasteiger partial charge in [-0.1, -0.05) is 60.7 Å². The number of ether oxygens (including phenoxy) is 1. The lowest BCUT2D eigenvalue weighted by Gasteiger charge is -2.14. The van der Waals surface area contributed by atoms with Gasteiger partial charge in [-0.15, -0.1) is 0 Å². The smallest absolute Gasteiger partial charge is 0.411 e. The molecule has 1 aliphatic carbocycles. The van der Waals surface area contributed by atoms with Crippen LogP contribution in [0, 0.1) is 0 Å². The molecule has 1 heterocycles. The molecule has 0 radical (unpaired) electrons. The highest BCUT2D eigenvalue weighted by Crippen LogP contribution is 2.44. The van der Waals surface area contributed by atoms with Crippen LogP contribution >= 0.6 is 0 Å². The van der Waals surface area contributed by atoms with Gasteiger partial charge in [-0.25, -0.2) is 14.8 Å². The standard InChI is InChI=1S/C25H19N3O3/c29-18-7-5-6-16(12-18)24-26-13-17(14-27-24)28-25(30)31-15-23-21-10-3-1-8-19(21)20-9-2-4-11-22(20)23/h1-14,23,29H,15H2,(H,28,30). The summed E-state index contributed by atoms with van der Waals surface area (Å²) in [5.41, 5.74) is 5.81. The Morgan fingerprint density at radius 3 is 2.19 bits per heavy atom. The van der Waals surface area contributed by atoms with E-state index in [1.807, 2.05) is 24.3 Å². The number of phenols is 1. The highest BCUT2D eigenvalue weighted by Gasteiger charge is 2.29. The molecule has 6 heteroatoms. The lowest BCUT2D eigenvalue weighted by atomic mass is 9.98. The molecule has 0 atom stereocenters. The summed E-state index contributed by atoms with van der Waals surface area (Å²) >= 11 is 0. The maximum Gasteiger partial charge on any atom is 0.411 e. The van der Waals surface area contributed by atoms with E-state index in [1.54, 1.807) is 24.3 Å². The van der Waals surface area contributed by atoms with E-state index in [4.69, 9.17) is 4.74 Å². The Morgan fingerprint density at radius 1 is 0.903 bits per heavy atom. The lowest BCUT2D eigenvalue weighted by molar-refractivity contribution is 0.158. The van der Waals surface area contributed by atoms with Crippen LogP contribution in [0.2, 0.25) is 0 Å². The minimum absolute atomic E-state index is 0.00235. The van der Waals surface area contributed by atoms with E-state index in [2.05, 4.69) is 39.6 Å². The molecule has 0 bridgehead atoms. The first-order valence-corrected chi connectivity index (χ1v) is 9.92. The topological polar surface area (TPSA) is 84.3 Å². The number of aromatic hydroxyl groups is 1. The molecule has 4 aromatic rings.